The molecule has 0 spiro atoms. The second-order valence-corrected chi connectivity index (χ2v) is 4.62. The van der Waals surface area contributed by atoms with Crippen LogP contribution in [0, 0.1) is 5.82 Å². The smallest absolute Gasteiger partial charge is 0.412 e. The minimum Gasteiger partial charge on any atom is -0.445 e. The molecule has 1 aromatic carbocycles. The van der Waals surface area contributed by atoms with Gasteiger partial charge in [0.05, 0.1) is 5.69 Å². The number of amides is 1. The van der Waals surface area contributed by atoms with Gasteiger partial charge in [-0.2, -0.15) is 0 Å². The minimum atomic E-state index is -0.634. The van der Waals surface area contributed by atoms with Crippen molar-refractivity contribution in [3.8, 4) is 0 Å². The highest BCUT2D eigenvalue weighted by Gasteiger charge is 2.07. The molecule has 4 N–H and O–H groups in total. The number of pyridine rings is 1. The van der Waals surface area contributed by atoms with Crippen LogP contribution in [-0.4, -0.2) is 17.7 Å². The number of carbonyl (C=O) groups excluding carboxylic acids is 1. The Hall–Kier alpha value is -2.80. The maximum Gasteiger partial charge on any atom is 0.412 e. The van der Waals surface area contributed by atoms with Crippen LogP contribution in [-0.2, 0) is 11.3 Å². The van der Waals surface area contributed by atoms with Gasteiger partial charge in [0.2, 0.25) is 0 Å². The summed E-state index contributed by atoms with van der Waals surface area (Å²) in [5, 5.41) is 5.55. The van der Waals surface area contributed by atoms with Gasteiger partial charge in [-0.15, -0.1) is 12.4 Å². The molecule has 128 valence electrons. The van der Waals surface area contributed by atoms with Gasteiger partial charge in [0.25, 0.3) is 0 Å². The zero-order valence-corrected chi connectivity index (χ0v) is 13.6. The normalized spacial score (nSPS) is 9.54. The minimum absolute atomic E-state index is 0. The number of carbonyl (C=O) groups is 1. The maximum absolute atomic E-state index is 12.8. The van der Waals surface area contributed by atoms with Crippen molar-refractivity contribution in [1.82, 2.24) is 4.98 Å². The average molecular weight is 353 g/mol. The topological polar surface area (TPSA) is 89.3 Å². The molecule has 1 aromatic heterocycles. The lowest BCUT2D eigenvalue weighted by atomic mass is 10.2. The Balaban J connectivity index is 0.00000288. The van der Waals surface area contributed by atoms with E-state index in [1.807, 2.05) is 0 Å². The lowest BCUT2D eigenvalue weighted by Crippen LogP contribution is -2.15. The van der Waals surface area contributed by atoms with Crippen molar-refractivity contribution < 1.29 is 13.9 Å². The Morgan fingerprint density at radius 1 is 1.29 bits per heavy atom. The summed E-state index contributed by atoms with van der Waals surface area (Å²) >= 11 is 0. The van der Waals surface area contributed by atoms with Crippen LogP contribution in [0.25, 0.3) is 0 Å². The number of rotatable bonds is 6. The molecular formula is C16H18ClFN4O2. The van der Waals surface area contributed by atoms with E-state index in [2.05, 4.69) is 22.2 Å². The zero-order valence-electron chi connectivity index (χ0n) is 12.8. The summed E-state index contributed by atoms with van der Waals surface area (Å²) in [7, 11) is 0. The number of aromatic nitrogens is 1. The van der Waals surface area contributed by atoms with Crippen LogP contribution in [0.3, 0.4) is 0 Å². The van der Waals surface area contributed by atoms with Crippen LogP contribution in [0.1, 0.15) is 5.56 Å². The summed E-state index contributed by atoms with van der Waals surface area (Å²) in [6, 6.07) is 9.42. The van der Waals surface area contributed by atoms with Gasteiger partial charge < -0.3 is 15.8 Å². The molecule has 0 saturated heterocycles. The molecule has 2 rings (SSSR count). The Labute approximate surface area is 145 Å². The van der Waals surface area contributed by atoms with Crippen molar-refractivity contribution in [3.05, 3.63) is 60.4 Å². The standard InChI is InChI=1S/C16H17FN4O2.ClH/c1-2-9-23-16(22)20-13-7-8-14(21-15(13)18)19-10-11-3-5-12(17)6-4-11;/h2-8H,1,9-10H2,(H,20,22)(H3,18,19,21);1H. The zero-order chi connectivity index (χ0) is 16.7. The van der Waals surface area contributed by atoms with E-state index in [0.29, 0.717) is 18.1 Å². The summed E-state index contributed by atoms with van der Waals surface area (Å²) in [6.07, 6.45) is 0.828. The van der Waals surface area contributed by atoms with Gasteiger partial charge >= 0.3 is 6.09 Å². The summed E-state index contributed by atoms with van der Waals surface area (Å²) in [5.74, 6) is 0.413. The third kappa shape index (κ3) is 5.77. The number of nitrogens with zero attached hydrogens (tertiary/aromatic N) is 1. The van der Waals surface area contributed by atoms with Crippen molar-refractivity contribution in [2.24, 2.45) is 0 Å². The summed E-state index contributed by atoms with van der Waals surface area (Å²) < 4.78 is 17.6. The second-order valence-electron chi connectivity index (χ2n) is 4.62. The lowest BCUT2D eigenvalue weighted by molar-refractivity contribution is 0.174. The van der Waals surface area contributed by atoms with Gasteiger partial charge in [0.15, 0.2) is 0 Å². The number of ether oxygens (including phenoxy) is 1. The number of halogens is 2. The van der Waals surface area contributed by atoms with Crippen LogP contribution in [0.4, 0.5) is 26.5 Å². The van der Waals surface area contributed by atoms with Crippen LogP contribution < -0.4 is 16.4 Å². The van der Waals surface area contributed by atoms with Gasteiger partial charge in [0.1, 0.15) is 24.1 Å². The monoisotopic (exact) mass is 352 g/mol. The molecule has 8 heteroatoms. The number of hydrogen-bond acceptors (Lipinski definition) is 5. The molecular weight excluding hydrogens is 335 g/mol. The first-order valence-electron chi connectivity index (χ1n) is 6.88. The van der Waals surface area contributed by atoms with Crippen molar-refractivity contribution in [3.63, 3.8) is 0 Å². The predicted molar refractivity (Wildman–Crippen MR) is 94.8 cm³/mol. The van der Waals surface area contributed by atoms with Crippen molar-refractivity contribution in [2.75, 3.05) is 23.0 Å². The summed E-state index contributed by atoms with van der Waals surface area (Å²) in [6.45, 7) is 4.03. The highest BCUT2D eigenvalue weighted by molar-refractivity contribution is 5.88. The van der Waals surface area contributed by atoms with Crippen LogP contribution >= 0.6 is 12.4 Å². The molecule has 0 fully saturated rings. The molecule has 0 radical (unpaired) electrons. The number of nitrogens with two attached hydrogens (primary N) is 1. The highest BCUT2D eigenvalue weighted by atomic mass is 35.5. The van der Waals surface area contributed by atoms with E-state index in [1.54, 1.807) is 24.3 Å². The first kappa shape index (κ1) is 19.2. The molecule has 1 heterocycles. The van der Waals surface area contributed by atoms with Gasteiger partial charge in [-0.05, 0) is 29.8 Å². The number of nitrogens with one attached hydrogen (secondary N) is 2. The van der Waals surface area contributed by atoms with Crippen LogP contribution in [0.2, 0.25) is 0 Å². The van der Waals surface area contributed by atoms with E-state index >= 15 is 0 Å². The molecule has 6 nitrogen and oxygen atoms in total. The largest absolute Gasteiger partial charge is 0.445 e. The van der Waals surface area contributed by atoms with Gasteiger partial charge in [-0.25, -0.2) is 14.2 Å². The Morgan fingerprint density at radius 2 is 2.00 bits per heavy atom. The average Bonchev–Trinajstić information content (AvgIpc) is 2.54. The molecule has 0 atom stereocenters. The fraction of sp³-hybridized carbons (Fsp3) is 0.125. The van der Waals surface area contributed by atoms with Crippen LogP contribution in [0.5, 0.6) is 0 Å². The van der Waals surface area contributed by atoms with E-state index in [9.17, 15) is 9.18 Å². The predicted octanol–water partition coefficient (Wildman–Crippen LogP) is 3.57. The molecule has 0 unspecified atom stereocenters. The Morgan fingerprint density at radius 3 is 2.62 bits per heavy atom. The molecule has 0 aliphatic rings. The number of nitrogen functional groups attached to an aromatic ring is 1. The lowest BCUT2D eigenvalue weighted by Gasteiger charge is -2.10. The van der Waals surface area contributed by atoms with Gasteiger partial charge in [-0.3, -0.25) is 5.32 Å². The fourth-order valence-corrected chi connectivity index (χ4v) is 1.75. The molecule has 0 bridgehead atoms. The number of hydrogen-bond donors (Lipinski definition) is 3. The Kier molecular flexibility index (Phi) is 7.51. The first-order chi connectivity index (χ1) is 11.1. The highest BCUT2D eigenvalue weighted by Crippen LogP contribution is 2.19. The van der Waals surface area contributed by atoms with Gasteiger partial charge in [-0.1, -0.05) is 24.8 Å². The second kappa shape index (κ2) is 9.36. The maximum atomic E-state index is 12.8. The Bertz CT molecular complexity index is 695. The molecule has 0 aliphatic heterocycles. The number of anilines is 3. The first-order valence-corrected chi connectivity index (χ1v) is 6.88. The quantitative estimate of drug-likeness (QED) is 0.691. The molecule has 0 saturated carbocycles. The molecule has 2 aromatic rings. The third-order valence-electron chi connectivity index (χ3n) is 2.88. The van der Waals surface area contributed by atoms with Crippen molar-refractivity contribution in [1.29, 1.82) is 0 Å². The third-order valence-corrected chi connectivity index (χ3v) is 2.88. The molecule has 0 aliphatic carbocycles. The van der Waals surface area contributed by atoms with Crippen molar-refractivity contribution >= 4 is 35.8 Å². The SMILES string of the molecule is C=CCOC(=O)Nc1ccc(NCc2ccc(F)cc2)nc1N.Cl. The fourth-order valence-electron chi connectivity index (χ4n) is 1.75. The molecule has 1 amide bonds. The summed E-state index contributed by atoms with van der Waals surface area (Å²) in [4.78, 5) is 15.6. The van der Waals surface area contributed by atoms with E-state index in [-0.39, 0.29) is 30.6 Å². The summed E-state index contributed by atoms with van der Waals surface area (Å²) in [5.41, 5.74) is 7.05. The number of benzene rings is 1. The van der Waals surface area contributed by atoms with E-state index in [4.69, 9.17) is 10.5 Å². The van der Waals surface area contributed by atoms with Crippen molar-refractivity contribution in [2.45, 2.75) is 6.54 Å². The van der Waals surface area contributed by atoms with Crippen LogP contribution in [0.15, 0.2) is 49.1 Å². The van der Waals surface area contributed by atoms with E-state index in [1.165, 1.54) is 18.2 Å². The van der Waals surface area contributed by atoms with Gasteiger partial charge in [0, 0.05) is 6.54 Å². The molecule has 24 heavy (non-hydrogen) atoms. The van der Waals surface area contributed by atoms with E-state index < -0.39 is 6.09 Å². The van der Waals surface area contributed by atoms with E-state index in [0.717, 1.165) is 5.56 Å².